The number of ether oxygens (including phenoxy) is 1. The highest BCUT2D eigenvalue weighted by Crippen LogP contribution is 2.52. The molecule has 1 aromatic carbocycles. The molecule has 194 valence electrons. The number of aliphatic hydroxyl groups excluding tert-OH is 1. The average Bonchev–Trinajstić information content (AvgIpc) is 3.64. The van der Waals surface area contributed by atoms with E-state index in [1.165, 1.54) is 40.8 Å². The molecule has 0 radical (unpaired) electrons. The molecule has 0 unspecified atom stereocenters. The summed E-state index contributed by atoms with van der Waals surface area (Å²) in [5, 5.41) is 10.2. The molecule has 2 aliphatic heterocycles. The Labute approximate surface area is 215 Å². The highest BCUT2D eigenvalue weighted by Gasteiger charge is 2.60. The van der Waals surface area contributed by atoms with E-state index < -0.39 is 45.7 Å². The molecule has 2 atom stereocenters. The quantitative estimate of drug-likeness (QED) is 0.611. The van der Waals surface area contributed by atoms with Crippen molar-refractivity contribution in [3.8, 4) is 0 Å². The van der Waals surface area contributed by atoms with E-state index in [9.17, 15) is 22.7 Å². The molecule has 3 aliphatic rings. The van der Waals surface area contributed by atoms with Crippen molar-refractivity contribution < 1.29 is 27.4 Å². The van der Waals surface area contributed by atoms with Crippen LogP contribution in [-0.2, 0) is 14.8 Å². The topological polar surface area (TPSA) is 100 Å². The fourth-order valence-electron chi connectivity index (χ4n) is 5.37. The summed E-state index contributed by atoms with van der Waals surface area (Å²) in [4.78, 5) is 18.6. The Hall–Kier alpha value is -2.27. The van der Waals surface area contributed by atoms with Crippen LogP contribution in [0, 0.1) is 5.82 Å². The minimum atomic E-state index is -4.06. The third kappa shape index (κ3) is 4.96. The van der Waals surface area contributed by atoms with E-state index in [4.69, 9.17) is 16.3 Å². The molecule has 1 N–H and O–H groups in total. The lowest BCUT2D eigenvalue weighted by atomic mass is 9.90. The number of pyridine rings is 1. The van der Waals surface area contributed by atoms with E-state index in [1.807, 2.05) is 0 Å². The van der Waals surface area contributed by atoms with Crippen molar-refractivity contribution in [3.63, 3.8) is 0 Å². The minimum absolute atomic E-state index is 0.0697. The number of carbonyl (C=O) groups excluding carboxylic acids is 1. The predicted octanol–water partition coefficient (Wildman–Crippen LogP) is 4.28. The zero-order valence-corrected chi connectivity index (χ0v) is 21.3. The first kappa shape index (κ1) is 25.4. The Balaban J connectivity index is 1.50. The van der Waals surface area contributed by atoms with Gasteiger partial charge in [0.1, 0.15) is 11.4 Å². The lowest BCUT2D eigenvalue weighted by Gasteiger charge is -2.44. The van der Waals surface area contributed by atoms with Crippen LogP contribution in [0.1, 0.15) is 56.6 Å². The molecule has 5 rings (SSSR count). The molecular formula is C25H29ClFN3O5S. The molecule has 1 aliphatic carbocycles. The third-order valence-corrected chi connectivity index (χ3v) is 9.62. The van der Waals surface area contributed by atoms with Crippen LogP contribution < -0.4 is 0 Å². The number of halogens is 2. The van der Waals surface area contributed by atoms with Crippen LogP contribution >= 0.6 is 11.6 Å². The van der Waals surface area contributed by atoms with E-state index >= 15 is 0 Å². The van der Waals surface area contributed by atoms with E-state index in [0.29, 0.717) is 68.6 Å². The normalized spacial score (nSPS) is 24.9. The maximum Gasteiger partial charge on any atom is 0.410 e. The van der Waals surface area contributed by atoms with E-state index in [-0.39, 0.29) is 4.90 Å². The van der Waals surface area contributed by atoms with Gasteiger partial charge in [-0.05, 0) is 80.8 Å². The van der Waals surface area contributed by atoms with Gasteiger partial charge in [-0.25, -0.2) is 17.6 Å². The molecule has 2 aromatic rings. The Morgan fingerprint density at radius 1 is 1.11 bits per heavy atom. The summed E-state index contributed by atoms with van der Waals surface area (Å²) in [6.07, 6.45) is 5.40. The fraction of sp³-hybridized carbons (Fsp3) is 0.520. The Kier molecular flexibility index (Phi) is 6.97. The van der Waals surface area contributed by atoms with Gasteiger partial charge in [0.05, 0.1) is 29.3 Å². The van der Waals surface area contributed by atoms with Crippen molar-refractivity contribution in [2.75, 3.05) is 13.1 Å². The molecule has 36 heavy (non-hydrogen) atoms. The zero-order chi connectivity index (χ0) is 25.5. The van der Waals surface area contributed by atoms with E-state index in [0.717, 1.165) is 6.20 Å². The van der Waals surface area contributed by atoms with Crippen LogP contribution in [0.5, 0.6) is 0 Å². The third-order valence-electron chi connectivity index (χ3n) is 7.43. The van der Waals surface area contributed by atoms with E-state index in [2.05, 4.69) is 4.98 Å². The van der Waals surface area contributed by atoms with Crippen molar-refractivity contribution in [1.82, 2.24) is 14.2 Å². The van der Waals surface area contributed by atoms with Crippen LogP contribution in [0.25, 0.3) is 0 Å². The summed E-state index contributed by atoms with van der Waals surface area (Å²) in [6, 6.07) is 5.99. The molecule has 8 nitrogen and oxygen atoms in total. The van der Waals surface area contributed by atoms with Crippen LogP contribution in [0.3, 0.4) is 0 Å². The number of nitrogens with zero attached hydrogens (tertiary/aromatic N) is 3. The first-order valence-corrected chi connectivity index (χ1v) is 14.1. The number of rotatable bonds is 5. The number of aliphatic hydroxyl groups is 1. The molecule has 2 saturated heterocycles. The summed E-state index contributed by atoms with van der Waals surface area (Å²) < 4.78 is 49.7. The molecule has 3 fully saturated rings. The second-order valence-electron chi connectivity index (χ2n) is 9.84. The number of piperidine rings is 2. The molecule has 1 amide bonds. The number of sulfonamides is 1. The summed E-state index contributed by atoms with van der Waals surface area (Å²) >= 11 is 6.00. The predicted molar refractivity (Wildman–Crippen MR) is 130 cm³/mol. The highest BCUT2D eigenvalue weighted by molar-refractivity contribution is 7.89. The first-order chi connectivity index (χ1) is 17.2. The lowest BCUT2D eigenvalue weighted by Crippen LogP contribution is -2.54. The number of likely N-dealkylation sites (tertiary alicyclic amines) is 1. The largest absolute Gasteiger partial charge is 0.441 e. The van der Waals surface area contributed by atoms with Gasteiger partial charge >= 0.3 is 6.09 Å². The van der Waals surface area contributed by atoms with Crippen LogP contribution in [0.2, 0.25) is 5.02 Å². The smallest absolute Gasteiger partial charge is 0.410 e. The maximum absolute atomic E-state index is 14.1. The molecule has 1 saturated carbocycles. The second kappa shape index (κ2) is 9.89. The summed E-state index contributed by atoms with van der Waals surface area (Å²) in [7, 11) is -4.06. The second-order valence-corrected chi connectivity index (χ2v) is 12.1. The molecule has 11 heteroatoms. The van der Waals surface area contributed by atoms with Gasteiger partial charge < -0.3 is 14.7 Å². The molecule has 3 heterocycles. The molecule has 1 aromatic heterocycles. The summed E-state index contributed by atoms with van der Waals surface area (Å²) in [5.41, 5.74) is -0.490. The lowest BCUT2D eigenvalue weighted by molar-refractivity contribution is -0.0160. The van der Waals surface area contributed by atoms with Crippen molar-refractivity contribution in [2.45, 2.75) is 73.6 Å². The zero-order valence-electron chi connectivity index (χ0n) is 19.7. The fourth-order valence-corrected chi connectivity index (χ4v) is 7.42. The minimum Gasteiger partial charge on any atom is -0.441 e. The van der Waals surface area contributed by atoms with Gasteiger partial charge in [-0.15, -0.1) is 0 Å². The Bertz CT molecular complexity index is 1220. The number of carbonyl (C=O) groups is 1. The molecular weight excluding hydrogens is 509 g/mol. The maximum atomic E-state index is 14.1. The molecule has 0 spiro atoms. The Morgan fingerprint density at radius 2 is 1.81 bits per heavy atom. The van der Waals surface area contributed by atoms with Crippen molar-refractivity contribution in [1.29, 1.82) is 0 Å². The number of hydrogen-bond donors (Lipinski definition) is 1. The number of hydrogen-bond acceptors (Lipinski definition) is 6. The van der Waals surface area contributed by atoms with Gasteiger partial charge in [0.15, 0.2) is 0 Å². The van der Waals surface area contributed by atoms with Crippen molar-refractivity contribution >= 4 is 27.7 Å². The highest BCUT2D eigenvalue weighted by atomic mass is 35.5. The summed E-state index contributed by atoms with van der Waals surface area (Å²) in [6.45, 7) is 0.788. The Morgan fingerprint density at radius 3 is 2.44 bits per heavy atom. The van der Waals surface area contributed by atoms with Crippen LogP contribution in [-0.4, -0.2) is 64.6 Å². The monoisotopic (exact) mass is 537 g/mol. The van der Waals surface area contributed by atoms with Crippen LogP contribution in [0.4, 0.5) is 9.18 Å². The summed E-state index contributed by atoms with van der Waals surface area (Å²) in [5.74, 6) is -0.543. The van der Waals surface area contributed by atoms with Crippen molar-refractivity contribution in [3.05, 3.63) is 59.1 Å². The van der Waals surface area contributed by atoms with Gasteiger partial charge in [-0.3, -0.25) is 4.98 Å². The number of aromatic nitrogens is 1. The first-order valence-electron chi connectivity index (χ1n) is 12.3. The van der Waals surface area contributed by atoms with Crippen molar-refractivity contribution in [2.24, 2.45) is 0 Å². The standard InChI is InChI=1S/C25H29ClFN3O5S/c26-18-4-6-21(7-5-18)36(33,34)30-22(17-14-19(27)16-28-15-17)2-1-3-23(30)25(10-11-25)35-24(32)29-12-8-20(31)9-13-29/h4-7,14-16,20,22-23,31H,1-3,8-13H2/t22-,23+/m0/s1. The van der Waals surface area contributed by atoms with Gasteiger partial charge in [-0.2, -0.15) is 4.31 Å². The van der Waals surface area contributed by atoms with Gasteiger partial charge in [0, 0.05) is 24.3 Å². The SMILES string of the molecule is O=C(OC1([C@H]2CCC[C@@H](c3cncc(F)c3)N2S(=O)(=O)c2ccc(Cl)cc2)CC1)N1CCC(O)CC1. The number of benzene rings is 1. The van der Waals surface area contributed by atoms with E-state index in [1.54, 1.807) is 4.90 Å². The van der Waals surface area contributed by atoms with Gasteiger partial charge in [0.2, 0.25) is 10.0 Å². The van der Waals surface area contributed by atoms with Gasteiger partial charge in [0.25, 0.3) is 0 Å². The number of amides is 1. The molecule has 0 bridgehead atoms. The van der Waals surface area contributed by atoms with Crippen LogP contribution in [0.15, 0.2) is 47.6 Å². The van der Waals surface area contributed by atoms with Gasteiger partial charge in [-0.1, -0.05) is 11.6 Å². The average molecular weight is 538 g/mol.